The van der Waals surface area contributed by atoms with Crippen LogP contribution in [0.4, 0.5) is 0 Å². The third-order valence-corrected chi connectivity index (χ3v) is 5.47. The van der Waals surface area contributed by atoms with Gasteiger partial charge in [-0.1, -0.05) is 18.2 Å². The first-order valence-corrected chi connectivity index (χ1v) is 10.3. The largest absolute Gasteiger partial charge is 0.452 e. The van der Waals surface area contributed by atoms with Gasteiger partial charge in [0.25, 0.3) is 5.91 Å². The Bertz CT molecular complexity index is 776. The van der Waals surface area contributed by atoms with E-state index in [9.17, 15) is 14.4 Å². The average Bonchev–Trinajstić information content (AvgIpc) is 3.16. The smallest absolute Gasteiger partial charge is 0.339 e. The Kier molecular flexibility index (Phi) is 8.35. The van der Waals surface area contributed by atoms with Crippen molar-refractivity contribution in [1.82, 2.24) is 10.6 Å². The molecule has 2 rings (SSSR count). The minimum Gasteiger partial charge on any atom is -0.452 e. The summed E-state index contributed by atoms with van der Waals surface area (Å²) in [6.45, 7) is 3.07. The van der Waals surface area contributed by atoms with Crippen molar-refractivity contribution in [3.05, 3.63) is 52.2 Å². The third-order valence-electron chi connectivity index (χ3n) is 3.29. The molecule has 2 amide bonds. The van der Waals surface area contributed by atoms with E-state index in [0.717, 1.165) is 10.6 Å². The second-order valence-corrected chi connectivity index (χ2v) is 7.99. The van der Waals surface area contributed by atoms with Crippen molar-refractivity contribution in [1.29, 1.82) is 0 Å². The van der Waals surface area contributed by atoms with Crippen molar-refractivity contribution in [2.45, 2.75) is 30.5 Å². The number of rotatable bonds is 9. The van der Waals surface area contributed by atoms with Gasteiger partial charge in [-0.2, -0.15) is 0 Å². The second-order valence-electron chi connectivity index (χ2n) is 5.94. The van der Waals surface area contributed by atoms with Crippen LogP contribution >= 0.6 is 23.1 Å². The third kappa shape index (κ3) is 7.44. The van der Waals surface area contributed by atoms with Gasteiger partial charge >= 0.3 is 5.97 Å². The number of hydrogen-bond acceptors (Lipinski definition) is 6. The predicted molar refractivity (Wildman–Crippen MR) is 107 cm³/mol. The molecule has 1 aromatic carbocycles. The summed E-state index contributed by atoms with van der Waals surface area (Å²) < 4.78 is 5.09. The molecule has 0 bridgehead atoms. The van der Waals surface area contributed by atoms with Crippen LogP contribution in [0.2, 0.25) is 0 Å². The number of amides is 2. The van der Waals surface area contributed by atoms with Crippen LogP contribution < -0.4 is 10.6 Å². The lowest BCUT2D eigenvalue weighted by Crippen LogP contribution is -2.41. The van der Waals surface area contributed by atoms with Crippen LogP contribution in [0.1, 0.15) is 29.1 Å². The summed E-state index contributed by atoms with van der Waals surface area (Å²) >= 11 is 3.20. The lowest BCUT2D eigenvalue weighted by Gasteiger charge is -2.10. The van der Waals surface area contributed by atoms with E-state index >= 15 is 0 Å². The Labute approximate surface area is 166 Å². The van der Waals surface area contributed by atoms with Gasteiger partial charge in [0.15, 0.2) is 6.61 Å². The van der Waals surface area contributed by atoms with E-state index in [1.165, 1.54) is 4.88 Å². The van der Waals surface area contributed by atoms with E-state index in [4.69, 9.17) is 4.74 Å². The van der Waals surface area contributed by atoms with E-state index in [1.807, 2.05) is 43.5 Å². The van der Waals surface area contributed by atoms with Gasteiger partial charge in [0, 0.05) is 21.6 Å². The highest BCUT2D eigenvalue weighted by atomic mass is 32.2. The molecule has 1 heterocycles. The first-order valence-electron chi connectivity index (χ1n) is 8.43. The molecule has 144 valence electrons. The predicted octanol–water partition coefficient (Wildman–Crippen LogP) is 2.84. The summed E-state index contributed by atoms with van der Waals surface area (Å²) in [5, 5.41) is 7.09. The normalized spacial score (nSPS) is 10.5. The Morgan fingerprint density at radius 2 is 1.89 bits per heavy atom. The Morgan fingerprint density at radius 1 is 1.11 bits per heavy atom. The summed E-state index contributed by atoms with van der Waals surface area (Å²) in [6, 6.07) is 11.2. The highest BCUT2D eigenvalue weighted by molar-refractivity contribution is 7.98. The van der Waals surface area contributed by atoms with Crippen LogP contribution in [-0.4, -0.2) is 37.0 Å². The number of carbonyl (C=O) groups is 3. The van der Waals surface area contributed by atoms with Crippen LogP contribution in [0.15, 0.2) is 46.7 Å². The lowest BCUT2D eigenvalue weighted by atomic mass is 10.2. The van der Waals surface area contributed by atoms with Crippen molar-refractivity contribution < 1.29 is 19.1 Å². The number of hydrogen-bond donors (Lipinski definition) is 2. The minimum absolute atomic E-state index is 0.00425. The second kappa shape index (κ2) is 10.7. The number of esters is 1. The molecule has 0 atom stereocenters. The SMILES string of the molecule is CC(C)NC(=O)CNC(=O)COC(=O)c1ccccc1SCc1cccs1. The molecule has 0 aliphatic rings. The standard InChI is InChI=1S/C19H22N2O4S2/c1-13(2)21-17(22)10-20-18(23)11-25-19(24)15-7-3-4-8-16(15)27-12-14-6-5-9-26-14/h3-9,13H,10-12H2,1-2H3,(H,20,23)(H,21,22). The average molecular weight is 407 g/mol. The van der Waals surface area contributed by atoms with Crippen molar-refractivity contribution >= 4 is 40.9 Å². The summed E-state index contributed by atoms with van der Waals surface area (Å²) in [7, 11) is 0. The first kappa shape index (κ1) is 21.0. The molecule has 0 saturated carbocycles. The molecule has 0 aliphatic heterocycles. The molecule has 0 saturated heterocycles. The van der Waals surface area contributed by atoms with Crippen molar-refractivity contribution in [2.24, 2.45) is 0 Å². The molecule has 1 aromatic heterocycles. The van der Waals surface area contributed by atoms with Gasteiger partial charge < -0.3 is 15.4 Å². The van der Waals surface area contributed by atoms with Gasteiger partial charge in [0.2, 0.25) is 5.91 Å². The Morgan fingerprint density at radius 3 is 2.59 bits per heavy atom. The molecule has 0 aliphatic carbocycles. The number of carbonyl (C=O) groups excluding carboxylic acids is 3. The molecule has 0 spiro atoms. The maximum absolute atomic E-state index is 12.3. The number of ether oxygens (including phenoxy) is 1. The highest BCUT2D eigenvalue weighted by Crippen LogP contribution is 2.28. The quantitative estimate of drug-likeness (QED) is 0.494. The van der Waals surface area contributed by atoms with Gasteiger partial charge in [-0.3, -0.25) is 9.59 Å². The molecule has 2 aromatic rings. The number of thiophene rings is 1. The highest BCUT2D eigenvalue weighted by Gasteiger charge is 2.15. The van der Waals surface area contributed by atoms with Crippen LogP contribution in [-0.2, 0) is 20.1 Å². The molecular formula is C19H22N2O4S2. The van der Waals surface area contributed by atoms with Crippen LogP contribution in [0.5, 0.6) is 0 Å². The zero-order chi connectivity index (χ0) is 19.6. The van der Waals surface area contributed by atoms with E-state index in [2.05, 4.69) is 10.6 Å². The number of thioether (sulfide) groups is 1. The molecule has 27 heavy (non-hydrogen) atoms. The molecule has 8 heteroatoms. The fourth-order valence-corrected chi connectivity index (χ4v) is 3.93. The van der Waals surface area contributed by atoms with Crippen LogP contribution in [0, 0.1) is 0 Å². The molecule has 6 nitrogen and oxygen atoms in total. The maximum Gasteiger partial charge on any atom is 0.339 e. The molecule has 0 unspecified atom stereocenters. The monoisotopic (exact) mass is 406 g/mol. The molecule has 2 N–H and O–H groups in total. The number of benzene rings is 1. The fourth-order valence-electron chi connectivity index (χ4n) is 2.12. The van der Waals surface area contributed by atoms with Gasteiger partial charge in [0.1, 0.15) is 0 Å². The fraction of sp³-hybridized carbons (Fsp3) is 0.316. The van der Waals surface area contributed by atoms with Gasteiger partial charge in [-0.15, -0.1) is 23.1 Å². The first-order chi connectivity index (χ1) is 13.0. The number of nitrogens with one attached hydrogen (secondary N) is 2. The van der Waals surface area contributed by atoms with Crippen LogP contribution in [0.25, 0.3) is 0 Å². The van der Waals surface area contributed by atoms with E-state index in [1.54, 1.807) is 35.2 Å². The van der Waals surface area contributed by atoms with E-state index < -0.39 is 18.5 Å². The summed E-state index contributed by atoms with van der Waals surface area (Å²) in [5.41, 5.74) is 0.421. The minimum atomic E-state index is -0.564. The Hall–Kier alpha value is -2.32. The summed E-state index contributed by atoms with van der Waals surface area (Å²) in [5.74, 6) is -0.620. The van der Waals surface area contributed by atoms with Gasteiger partial charge in [0.05, 0.1) is 12.1 Å². The van der Waals surface area contributed by atoms with Gasteiger partial charge in [-0.25, -0.2) is 4.79 Å². The van der Waals surface area contributed by atoms with Crippen molar-refractivity contribution in [2.75, 3.05) is 13.2 Å². The van der Waals surface area contributed by atoms with Crippen LogP contribution in [0.3, 0.4) is 0 Å². The summed E-state index contributed by atoms with van der Waals surface area (Å²) in [6.07, 6.45) is 0. The molecule has 0 radical (unpaired) electrons. The van der Waals surface area contributed by atoms with E-state index in [0.29, 0.717) is 5.56 Å². The van der Waals surface area contributed by atoms with E-state index in [-0.39, 0.29) is 18.5 Å². The lowest BCUT2D eigenvalue weighted by molar-refractivity contribution is -0.128. The van der Waals surface area contributed by atoms with Crippen molar-refractivity contribution in [3.8, 4) is 0 Å². The maximum atomic E-state index is 12.3. The molecule has 0 fully saturated rings. The van der Waals surface area contributed by atoms with Crippen molar-refractivity contribution in [3.63, 3.8) is 0 Å². The Balaban J connectivity index is 1.83. The molecular weight excluding hydrogens is 384 g/mol. The zero-order valence-electron chi connectivity index (χ0n) is 15.2. The van der Waals surface area contributed by atoms with Gasteiger partial charge in [-0.05, 0) is 37.4 Å². The summed E-state index contributed by atoms with van der Waals surface area (Å²) in [4.78, 5) is 37.6. The zero-order valence-corrected chi connectivity index (χ0v) is 16.8. The topological polar surface area (TPSA) is 84.5 Å².